The highest BCUT2D eigenvalue weighted by Crippen LogP contribution is 2.26. The lowest BCUT2D eigenvalue weighted by Crippen LogP contribution is -2.27. The minimum Gasteiger partial charge on any atom is -0.496 e. The normalized spacial score (nSPS) is 11.8. The summed E-state index contributed by atoms with van der Waals surface area (Å²) >= 11 is 0. The number of nitrogens with one attached hydrogen (secondary N) is 1. The minimum absolute atomic E-state index is 0.237. The maximum atomic E-state index is 13.0. The largest absolute Gasteiger partial charge is 0.496 e. The molecule has 1 atom stereocenters. The van der Waals surface area contributed by atoms with Crippen LogP contribution in [0.15, 0.2) is 36.5 Å². The fourth-order valence-electron chi connectivity index (χ4n) is 2.09. The summed E-state index contributed by atoms with van der Waals surface area (Å²) in [5.74, 6) is -0.329. The Balaban J connectivity index is 2.20. The molecule has 0 aliphatic rings. The van der Waals surface area contributed by atoms with Crippen molar-refractivity contribution in [2.24, 2.45) is 0 Å². The van der Waals surface area contributed by atoms with Gasteiger partial charge in [-0.3, -0.25) is 4.79 Å². The molecule has 1 N–H and O–H groups in total. The molecule has 0 fully saturated rings. The van der Waals surface area contributed by atoms with Gasteiger partial charge in [-0.05, 0) is 26.0 Å². The average Bonchev–Trinajstić information content (AvgIpc) is 2.47. The van der Waals surface area contributed by atoms with E-state index in [2.05, 4.69) is 10.3 Å². The van der Waals surface area contributed by atoms with E-state index in [1.807, 2.05) is 32.0 Å². The van der Waals surface area contributed by atoms with Crippen molar-refractivity contribution in [3.05, 3.63) is 59.2 Å². The maximum absolute atomic E-state index is 13.0. The van der Waals surface area contributed by atoms with Gasteiger partial charge >= 0.3 is 0 Å². The van der Waals surface area contributed by atoms with Gasteiger partial charge in [0.1, 0.15) is 5.75 Å². The van der Waals surface area contributed by atoms with Gasteiger partial charge in [-0.25, -0.2) is 4.98 Å². The van der Waals surface area contributed by atoms with E-state index in [0.29, 0.717) is 5.75 Å². The van der Waals surface area contributed by atoms with Crippen molar-refractivity contribution in [2.45, 2.75) is 19.9 Å². The monoisotopic (exact) mass is 288 g/mol. The van der Waals surface area contributed by atoms with Crippen molar-refractivity contribution >= 4 is 5.91 Å². The van der Waals surface area contributed by atoms with Crippen LogP contribution in [0.4, 0.5) is 4.39 Å². The Morgan fingerprint density at radius 1 is 1.33 bits per heavy atom. The lowest BCUT2D eigenvalue weighted by atomic mass is 10.0. The van der Waals surface area contributed by atoms with Gasteiger partial charge in [-0.2, -0.15) is 4.39 Å². The third kappa shape index (κ3) is 3.56. The molecule has 4 nitrogen and oxygen atoms in total. The number of hydrogen-bond donors (Lipinski definition) is 1. The van der Waals surface area contributed by atoms with Gasteiger partial charge in [0, 0.05) is 23.4 Å². The molecule has 1 aromatic heterocycles. The Labute approximate surface area is 123 Å². The van der Waals surface area contributed by atoms with Crippen LogP contribution in [0.5, 0.6) is 5.75 Å². The molecule has 0 aliphatic heterocycles. The molecule has 1 heterocycles. The topological polar surface area (TPSA) is 51.2 Å². The fraction of sp³-hybridized carbons (Fsp3) is 0.250. The van der Waals surface area contributed by atoms with Gasteiger partial charge in [0.15, 0.2) is 0 Å². The van der Waals surface area contributed by atoms with Crippen LogP contribution in [0.3, 0.4) is 0 Å². The van der Waals surface area contributed by atoms with Gasteiger partial charge in [0.2, 0.25) is 5.95 Å². The quantitative estimate of drug-likeness (QED) is 0.880. The van der Waals surface area contributed by atoms with Gasteiger partial charge in [0.25, 0.3) is 5.91 Å². The molecule has 1 aromatic carbocycles. The number of nitrogens with zero attached hydrogens (tertiary/aromatic N) is 1. The van der Waals surface area contributed by atoms with Crippen LogP contribution >= 0.6 is 0 Å². The fourth-order valence-corrected chi connectivity index (χ4v) is 2.09. The molecule has 0 radical (unpaired) electrons. The Hall–Kier alpha value is -2.43. The number of carbonyl (C=O) groups excluding carboxylic acids is 1. The zero-order valence-electron chi connectivity index (χ0n) is 12.2. The molecule has 110 valence electrons. The van der Waals surface area contributed by atoms with Crippen LogP contribution in [0.1, 0.15) is 34.5 Å². The molecule has 2 rings (SSSR count). The van der Waals surface area contributed by atoms with Crippen molar-refractivity contribution < 1.29 is 13.9 Å². The summed E-state index contributed by atoms with van der Waals surface area (Å²) in [6.07, 6.45) is 1.27. The van der Waals surface area contributed by atoms with E-state index in [1.54, 1.807) is 7.11 Å². The molecular weight excluding hydrogens is 271 g/mol. The number of aromatic nitrogens is 1. The highest BCUT2D eigenvalue weighted by molar-refractivity contribution is 5.94. The standard InChI is InChI=1S/C16H17FN2O2/c1-10-4-5-14(21-3)13(8-10)11(2)19-16(20)12-6-7-18-15(17)9-12/h4-9,11H,1-3H3,(H,19,20). The summed E-state index contributed by atoms with van der Waals surface area (Å²) in [7, 11) is 1.58. The van der Waals surface area contributed by atoms with E-state index >= 15 is 0 Å². The Bertz CT molecular complexity index is 658. The smallest absolute Gasteiger partial charge is 0.251 e. The van der Waals surface area contributed by atoms with Crippen LogP contribution in [0.25, 0.3) is 0 Å². The molecule has 21 heavy (non-hydrogen) atoms. The molecule has 1 unspecified atom stereocenters. The third-order valence-electron chi connectivity index (χ3n) is 3.19. The second-order valence-corrected chi connectivity index (χ2v) is 4.81. The number of hydrogen-bond acceptors (Lipinski definition) is 3. The number of halogens is 1. The first-order valence-corrected chi connectivity index (χ1v) is 6.58. The first-order valence-electron chi connectivity index (χ1n) is 6.58. The molecule has 1 amide bonds. The molecule has 0 spiro atoms. The summed E-state index contributed by atoms with van der Waals surface area (Å²) in [5.41, 5.74) is 2.18. The van der Waals surface area contributed by atoms with Gasteiger partial charge < -0.3 is 10.1 Å². The average molecular weight is 288 g/mol. The summed E-state index contributed by atoms with van der Waals surface area (Å²) in [5, 5.41) is 2.83. The summed E-state index contributed by atoms with van der Waals surface area (Å²) in [4.78, 5) is 15.6. The lowest BCUT2D eigenvalue weighted by molar-refractivity contribution is 0.0939. The SMILES string of the molecule is COc1ccc(C)cc1C(C)NC(=O)c1ccnc(F)c1. The predicted molar refractivity (Wildman–Crippen MR) is 77.8 cm³/mol. The number of aryl methyl sites for hydroxylation is 1. The van der Waals surface area contributed by atoms with Crippen molar-refractivity contribution in [3.8, 4) is 5.75 Å². The van der Waals surface area contributed by atoms with Gasteiger partial charge in [-0.15, -0.1) is 0 Å². The van der Waals surface area contributed by atoms with Crippen LogP contribution < -0.4 is 10.1 Å². The summed E-state index contributed by atoms with van der Waals surface area (Å²) in [6, 6.07) is 8.07. The van der Waals surface area contributed by atoms with Crippen molar-refractivity contribution in [1.82, 2.24) is 10.3 Å². The van der Waals surface area contributed by atoms with E-state index in [-0.39, 0.29) is 17.5 Å². The van der Waals surface area contributed by atoms with Crippen LogP contribution in [-0.2, 0) is 0 Å². The Morgan fingerprint density at radius 3 is 2.76 bits per heavy atom. The number of carbonyl (C=O) groups is 1. The zero-order valence-corrected chi connectivity index (χ0v) is 12.2. The van der Waals surface area contributed by atoms with Crippen molar-refractivity contribution in [1.29, 1.82) is 0 Å². The lowest BCUT2D eigenvalue weighted by Gasteiger charge is -2.18. The number of pyridine rings is 1. The molecule has 0 saturated heterocycles. The van der Waals surface area contributed by atoms with Gasteiger partial charge in [0.05, 0.1) is 13.2 Å². The molecule has 2 aromatic rings. The third-order valence-corrected chi connectivity index (χ3v) is 3.19. The molecular formula is C16H17FN2O2. The number of benzene rings is 1. The van der Waals surface area contributed by atoms with Crippen LogP contribution in [0, 0.1) is 12.9 Å². The van der Waals surface area contributed by atoms with E-state index < -0.39 is 5.95 Å². The molecule has 0 saturated carbocycles. The Kier molecular flexibility index (Phi) is 4.52. The zero-order chi connectivity index (χ0) is 15.4. The van der Waals surface area contributed by atoms with E-state index in [4.69, 9.17) is 4.74 Å². The summed E-state index contributed by atoms with van der Waals surface area (Å²) < 4.78 is 18.4. The highest BCUT2D eigenvalue weighted by atomic mass is 19.1. The maximum Gasteiger partial charge on any atom is 0.251 e. The van der Waals surface area contributed by atoms with Crippen LogP contribution in [0.2, 0.25) is 0 Å². The number of rotatable bonds is 4. The minimum atomic E-state index is -0.677. The van der Waals surface area contributed by atoms with E-state index in [1.165, 1.54) is 12.3 Å². The molecule has 0 aliphatic carbocycles. The Morgan fingerprint density at radius 2 is 2.10 bits per heavy atom. The second-order valence-electron chi connectivity index (χ2n) is 4.81. The number of ether oxygens (including phenoxy) is 1. The van der Waals surface area contributed by atoms with E-state index in [0.717, 1.165) is 17.2 Å². The number of amides is 1. The predicted octanol–water partition coefficient (Wildman–Crippen LogP) is 3.03. The molecule has 5 heteroatoms. The highest BCUT2D eigenvalue weighted by Gasteiger charge is 2.15. The van der Waals surface area contributed by atoms with Gasteiger partial charge in [-0.1, -0.05) is 17.7 Å². The van der Waals surface area contributed by atoms with Crippen LogP contribution in [-0.4, -0.2) is 18.0 Å². The van der Waals surface area contributed by atoms with Crippen molar-refractivity contribution in [3.63, 3.8) is 0 Å². The first kappa shape index (κ1) is 15.0. The number of methoxy groups -OCH3 is 1. The molecule has 0 bridgehead atoms. The second kappa shape index (κ2) is 6.35. The van der Waals surface area contributed by atoms with Crippen molar-refractivity contribution in [2.75, 3.05) is 7.11 Å². The summed E-state index contributed by atoms with van der Waals surface area (Å²) in [6.45, 7) is 3.82. The first-order chi connectivity index (χ1) is 10.0. The van der Waals surface area contributed by atoms with E-state index in [9.17, 15) is 9.18 Å².